The Bertz CT molecular complexity index is 344. The number of nitrogens with zero attached hydrogens (tertiary/aromatic N) is 2. The molecule has 22 heavy (non-hydrogen) atoms. The van der Waals surface area contributed by atoms with Gasteiger partial charge in [-0.1, -0.05) is 38.5 Å². The minimum Gasteiger partial charge on any atom is -0.298 e. The maximum absolute atomic E-state index is 3.00. The van der Waals surface area contributed by atoms with Gasteiger partial charge in [0.1, 0.15) is 0 Å². The first-order valence-electron chi connectivity index (χ1n) is 10.4. The van der Waals surface area contributed by atoms with Crippen molar-refractivity contribution in [2.45, 2.75) is 89.1 Å². The third kappa shape index (κ3) is 3.24. The summed E-state index contributed by atoms with van der Waals surface area (Å²) in [6.45, 7) is 5.56. The largest absolute Gasteiger partial charge is 0.298 e. The van der Waals surface area contributed by atoms with Crippen LogP contribution in [0.25, 0.3) is 0 Å². The van der Waals surface area contributed by atoms with Crippen molar-refractivity contribution in [1.29, 1.82) is 0 Å². The zero-order valence-electron chi connectivity index (χ0n) is 14.5. The van der Waals surface area contributed by atoms with Crippen LogP contribution in [-0.2, 0) is 0 Å². The van der Waals surface area contributed by atoms with Gasteiger partial charge in [0.05, 0.1) is 0 Å². The topological polar surface area (TPSA) is 6.48 Å². The molecule has 4 rings (SSSR count). The molecule has 2 aliphatic heterocycles. The Kier molecular flexibility index (Phi) is 5.07. The van der Waals surface area contributed by atoms with E-state index in [2.05, 4.69) is 9.80 Å². The van der Waals surface area contributed by atoms with E-state index in [1.54, 1.807) is 0 Å². The summed E-state index contributed by atoms with van der Waals surface area (Å²) < 4.78 is 0. The fourth-order valence-corrected chi connectivity index (χ4v) is 6.17. The van der Waals surface area contributed by atoms with Crippen LogP contribution in [0.1, 0.15) is 77.0 Å². The van der Waals surface area contributed by atoms with Crippen LogP contribution in [0, 0.1) is 11.8 Å². The van der Waals surface area contributed by atoms with Crippen molar-refractivity contribution in [1.82, 2.24) is 9.80 Å². The van der Waals surface area contributed by atoms with E-state index < -0.39 is 0 Å². The Morgan fingerprint density at radius 3 is 2.14 bits per heavy atom. The fourth-order valence-electron chi connectivity index (χ4n) is 6.17. The van der Waals surface area contributed by atoms with E-state index in [0.717, 1.165) is 23.9 Å². The van der Waals surface area contributed by atoms with E-state index in [1.165, 1.54) is 103 Å². The highest BCUT2D eigenvalue weighted by molar-refractivity contribution is 4.99. The van der Waals surface area contributed by atoms with Gasteiger partial charge in [-0.2, -0.15) is 0 Å². The zero-order valence-corrected chi connectivity index (χ0v) is 14.5. The number of hydrogen-bond acceptors (Lipinski definition) is 2. The Morgan fingerprint density at radius 2 is 1.36 bits per heavy atom. The quantitative estimate of drug-likeness (QED) is 0.767. The number of hydrogen-bond donors (Lipinski definition) is 0. The Balaban J connectivity index is 1.46. The summed E-state index contributed by atoms with van der Waals surface area (Å²) in [7, 11) is 0. The molecule has 2 heterocycles. The van der Waals surface area contributed by atoms with E-state index in [0.29, 0.717) is 0 Å². The molecule has 2 nitrogen and oxygen atoms in total. The molecule has 0 spiro atoms. The molecule has 2 heteroatoms. The molecule has 0 N–H and O–H groups in total. The second-order valence-corrected chi connectivity index (χ2v) is 8.63. The Hall–Kier alpha value is -0.0800. The Labute approximate surface area is 137 Å². The van der Waals surface area contributed by atoms with Crippen LogP contribution in [-0.4, -0.2) is 48.1 Å². The van der Waals surface area contributed by atoms with Gasteiger partial charge < -0.3 is 0 Å². The minimum atomic E-state index is 0.915. The highest BCUT2D eigenvalue weighted by atomic mass is 15.3. The molecular formula is C20H36N2. The molecular weight excluding hydrogens is 268 g/mol. The molecule has 0 aromatic carbocycles. The second-order valence-electron chi connectivity index (χ2n) is 8.63. The second kappa shape index (κ2) is 7.21. The highest BCUT2D eigenvalue weighted by Crippen LogP contribution is 2.38. The molecule has 2 saturated heterocycles. The van der Waals surface area contributed by atoms with E-state index in [9.17, 15) is 0 Å². The summed E-state index contributed by atoms with van der Waals surface area (Å²) in [6.07, 6.45) is 18.0. The van der Waals surface area contributed by atoms with Crippen LogP contribution in [0.15, 0.2) is 0 Å². The lowest BCUT2D eigenvalue weighted by atomic mass is 9.78. The van der Waals surface area contributed by atoms with Gasteiger partial charge in [0.15, 0.2) is 0 Å². The van der Waals surface area contributed by atoms with Gasteiger partial charge in [0.25, 0.3) is 0 Å². The van der Waals surface area contributed by atoms with Crippen molar-refractivity contribution in [2.75, 3.05) is 26.2 Å². The molecule has 0 amide bonds. The molecule has 0 unspecified atom stereocenters. The van der Waals surface area contributed by atoms with Crippen molar-refractivity contribution in [3.8, 4) is 0 Å². The molecule has 2 saturated carbocycles. The van der Waals surface area contributed by atoms with Crippen LogP contribution in [0.5, 0.6) is 0 Å². The van der Waals surface area contributed by atoms with Crippen molar-refractivity contribution < 1.29 is 0 Å². The van der Waals surface area contributed by atoms with Gasteiger partial charge in [-0.15, -0.1) is 0 Å². The third-order valence-corrected chi connectivity index (χ3v) is 7.25. The molecule has 0 radical (unpaired) electrons. The monoisotopic (exact) mass is 304 g/mol. The average molecular weight is 305 g/mol. The van der Waals surface area contributed by atoms with E-state index in [4.69, 9.17) is 0 Å². The van der Waals surface area contributed by atoms with Crippen molar-refractivity contribution in [2.24, 2.45) is 11.8 Å². The molecule has 0 bridgehead atoms. The SMILES string of the molecule is C1CCC(CN2CCN3CCC[C@H]3[C@H]2C2CCCCC2)CC1. The predicted octanol–water partition coefficient (Wildman–Crippen LogP) is 4.30. The molecule has 2 aliphatic carbocycles. The van der Waals surface area contributed by atoms with E-state index in [-0.39, 0.29) is 0 Å². The van der Waals surface area contributed by atoms with E-state index >= 15 is 0 Å². The smallest absolute Gasteiger partial charge is 0.0280 e. The van der Waals surface area contributed by atoms with E-state index in [1.807, 2.05) is 0 Å². The van der Waals surface area contributed by atoms with Gasteiger partial charge in [-0.25, -0.2) is 0 Å². The lowest BCUT2D eigenvalue weighted by Crippen LogP contribution is -2.60. The van der Waals surface area contributed by atoms with Crippen molar-refractivity contribution >= 4 is 0 Å². The normalized spacial score (nSPS) is 36.5. The number of rotatable bonds is 3. The van der Waals surface area contributed by atoms with Crippen LogP contribution >= 0.6 is 0 Å². The van der Waals surface area contributed by atoms with Crippen LogP contribution in [0.3, 0.4) is 0 Å². The molecule has 4 fully saturated rings. The molecule has 2 atom stereocenters. The number of fused-ring (bicyclic) bond motifs is 1. The molecule has 4 aliphatic rings. The summed E-state index contributed by atoms with van der Waals surface area (Å²) in [5.74, 6) is 2.04. The maximum atomic E-state index is 3.00. The molecule has 0 aromatic rings. The lowest BCUT2D eigenvalue weighted by molar-refractivity contribution is -0.01000. The minimum absolute atomic E-state index is 0.915. The standard InChI is InChI=1S/C20H36N2/c1-3-8-17(9-4-1)16-22-15-14-21-13-7-12-19(21)20(22)18-10-5-2-6-11-18/h17-20H,1-16H2/t19-,20+/m0/s1. The predicted molar refractivity (Wildman–Crippen MR) is 93.1 cm³/mol. The Morgan fingerprint density at radius 1 is 0.636 bits per heavy atom. The van der Waals surface area contributed by atoms with Gasteiger partial charge in [-0.05, 0) is 56.9 Å². The summed E-state index contributed by atoms with van der Waals surface area (Å²) in [5.41, 5.74) is 0. The third-order valence-electron chi connectivity index (χ3n) is 7.25. The lowest BCUT2D eigenvalue weighted by Gasteiger charge is -2.50. The first kappa shape index (κ1) is 15.4. The van der Waals surface area contributed by atoms with Crippen LogP contribution < -0.4 is 0 Å². The molecule has 126 valence electrons. The van der Waals surface area contributed by atoms with Crippen LogP contribution in [0.4, 0.5) is 0 Å². The summed E-state index contributed by atoms with van der Waals surface area (Å²) in [5, 5.41) is 0. The molecule has 0 aromatic heterocycles. The van der Waals surface area contributed by atoms with Gasteiger partial charge in [0.2, 0.25) is 0 Å². The van der Waals surface area contributed by atoms with Gasteiger partial charge in [0, 0.05) is 31.7 Å². The average Bonchev–Trinajstić information content (AvgIpc) is 3.05. The maximum Gasteiger partial charge on any atom is 0.0280 e. The van der Waals surface area contributed by atoms with Gasteiger partial charge >= 0.3 is 0 Å². The summed E-state index contributed by atoms with van der Waals surface area (Å²) in [6, 6.07) is 1.83. The first-order valence-corrected chi connectivity index (χ1v) is 10.4. The van der Waals surface area contributed by atoms with Gasteiger partial charge in [-0.3, -0.25) is 9.80 Å². The number of piperazine rings is 1. The zero-order chi connectivity index (χ0) is 14.8. The highest BCUT2D eigenvalue weighted by Gasteiger charge is 2.43. The van der Waals surface area contributed by atoms with Crippen molar-refractivity contribution in [3.05, 3.63) is 0 Å². The fraction of sp³-hybridized carbons (Fsp3) is 1.00. The first-order chi connectivity index (χ1) is 10.9. The summed E-state index contributed by atoms with van der Waals surface area (Å²) >= 11 is 0. The van der Waals surface area contributed by atoms with Crippen LogP contribution in [0.2, 0.25) is 0 Å². The summed E-state index contributed by atoms with van der Waals surface area (Å²) in [4.78, 5) is 5.86. The van der Waals surface area contributed by atoms with Crippen molar-refractivity contribution in [3.63, 3.8) is 0 Å².